The van der Waals surface area contributed by atoms with E-state index in [1.807, 2.05) is 12.1 Å². The lowest BCUT2D eigenvalue weighted by atomic mass is 10.1. The topological polar surface area (TPSA) is 45.1 Å². The predicted octanol–water partition coefficient (Wildman–Crippen LogP) is 3.22. The molecule has 0 saturated heterocycles. The highest BCUT2D eigenvalue weighted by atomic mass is 32.1. The second-order valence-electron chi connectivity index (χ2n) is 5.87. The monoisotopic (exact) mass is 292 g/mol. The normalized spacial score (nSPS) is 14.8. The summed E-state index contributed by atoms with van der Waals surface area (Å²) in [4.78, 5) is 4.64. The molecule has 110 valence electrons. The molecule has 2 unspecified atom stereocenters. The van der Waals surface area contributed by atoms with E-state index in [-0.39, 0.29) is 6.10 Å². The molecule has 0 amide bonds. The molecule has 0 radical (unpaired) electrons. The van der Waals surface area contributed by atoms with Gasteiger partial charge >= 0.3 is 0 Å². The Morgan fingerprint density at radius 3 is 2.70 bits per heavy atom. The zero-order valence-electron chi connectivity index (χ0n) is 12.5. The van der Waals surface area contributed by atoms with Crippen LogP contribution in [0, 0.1) is 5.92 Å². The van der Waals surface area contributed by atoms with Gasteiger partial charge in [0, 0.05) is 19.0 Å². The first-order chi connectivity index (χ1) is 9.54. The highest BCUT2D eigenvalue weighted by Crippen LogP contribution is 2.22. The molecule has 4 heteroatoms. The van der Waals surface area contributed by atoms with Gasteiger partial charge in [0.1, 0.15) is 0 Å². The van der Waals surface area contributed by atoms with Crippen molar-refractivity contribution in [1.29, 1.82) is 0 Å². The molecule has 0 bridgehead atoms. The summed E-state index contributed by atoms with van der Waals surface area (Å²) in [6, 6.07) is 8.57. The van der Waals surface area contributed by atoms with Crippen LogP contribution in [-0.4, -0.2) is 28.8 Å². The first kappa shape index (κ1) is 15.4. The van der Waals surface area contributed by atoms with E-state index in [1.165, 1.54) is 4.70 Å². The fourth-order valence-corrected chi connectivity index (χ4v) is 3.40. The number of aliphatic hydroxyl groups excluding tert-OH is 1. The maximum atomic E-state index is 9.87. The number of para-hydroxylation sites is 1. The molecule has 0 saturated carbocycles. The van der Waals surface area contributed by atoms with Gasteiger partial charge in [-0.05, 0) is 31.4 Å². The minimum Gasteiger partial charge on any atom is -0.392 e. The largest absolute Gasteiger partial charge is 0.392 e. The van der Waals surface area contributed by atoms with E-state index in [4.69, 9.17) is 0 Å². The van der Waals surface area contributed by atoms with Crippen molar-refractivity contribution in [3.63, 3.8) is 0 Å². The number of fused-ring (bicyclic) bond motifs is 1. The molecule has 2 rings (SSSR count). The maximum Gasteiger partial charge on any atom is 0.0954 e. The number of thiazole rings is 1. The van der Waals surface area contributed by atoms with E-state index in [1.54, 1.807) is 11.3 Å². The van der Waals surface area contributed by atoms with Gasteiger partial charge in [0.05, 0.1) is 21.3 Å². The van der Waals surface area contributed by atoms with Crippen LogP contribution in [0.4, 0.5) is 0 Å². The highest BCUT2D eigenvalue weighted by molar-refractivity contribution is 7.18. The second kappa shape index (κ2) is 7.16. The quantitative estimate of drug-likeness (QED) is 0.823. The molecule has 0 aliphatic rings. The zero-order chi connectivity index (χ0) is 14.5. The summed E-state index contributed by atoms with van der Waals surface area (Å²) < 4.78 is 1.24. The van der Waals surface area contributed by atoms with E-state index in [9.17, 15) is 5.11 Å². The van der Waals surface area contributed by atoms with Crippen LogP contribution in [0.2, 0.25) is 0 Å². The van der Waals surface area contributed by atoms with Gasteiger partial charge in [0.15, 0.2) is 0 Å². The molecule has 20 heavy (non-hydrogen) atoms. The van der Waals surface area contributed by atoms with Crippen molar-refractivity contribution in [3.05, 3.63) is 29.3 Å². The molecule has 2 aromatic rings. The lowest BCUT2D eigenvalue weighted by molar-refractivity contribution is 0.143. The summed E-state index contributed by atoms with van der Waals surface area (Å²) in [6.45, 7) is 7.07. The number of hydrogen-bond acceptors (Lipinski definition) is 4. The van der Waals surface area contributed by atoms with Gasteiger partial charge in [-0.1, -0.05) is 26.0 Å². The fraction of sp³-hybridized carbons (Fsp3) is 0.562. The van der Waals surface area contributed by atoms with Gasteiger partial charge in [-0.25, -0.2) is 4.98 Å². The molecule has 2 N–H and O–H groups in total. The lowest BCUT2D eigenvalue weighted by Gasteiger charge is -2.17. The van der Waals surface area contributed by atoms with Crippen molar-refractivity contribution in [1.82, 2.24) is 10.3 Å². The van der Waals surface area contributed by atoms with E-state index in [0.29, 0.717) is 18.5 Å². The zero-order valence-corrected chi connectivity index (χ0v) is 13.3. The van der Waals surface area contributed by atoms with Crippen LogP contribution in [0.3, 0.4) is 0 Å². The van der Waals surface area contributed by atoms with Gasteiger partial charge in [-0.15, -0.1) is 11.3 Å². The van der Waals surface area contributed by atoms with Crippen LogP contribution in [0.15, 0.2) is 24.3 Å². The van der Waals surface area contributed by atoms with Crippen molar-refractivity contribution in [2.45, 2.75) is 45.8 Å². The molecule has 2 atom stereocenters. The van der Waals surface area contributed by atoms with Gasteiger partial charge in [0.25, 0.3) is 0 Å². The molecular formula is C16H24N2OS. The SMILES string of the molecule is CC(C)CC(O)CNC(C)Cc1nc2ccccc2s1. The summed E-state index contributed by atoms with van der Waals surface area (Å²) in [5.74, 6) is 0.534. The van der Waals surface area contributed by atoms with Gasteiger partial charge in [0.2, 0.25) is 0 Å². The van der Waals surface area contributed by atoms with Crippen LogP contribution >= 0.6 is 11.3 Å². The lowest BCUT2D eigenvalue weighted by Crippen LogP contribution is -2.35. The van der Waals surface area contributed by atoms with E-state index >= 15 is 0 Å². The molecule has 3 nitrogen and oxygen atoms in total. The number of nitrogens with zero attached hydrogens (tertiary/aromatic N) is 1. The van der Waals surface area contributed by atoms with Crippen LogP contribution in [0.25, 0.3) is 10.2 Å². The second-order valence-corrected chi connectivity index (χ2v) is 6.99. The molecular weight excluding hydrogens is 268 g/mol. The van der Waals surface area contributed by atoms with Gasteiger partial charge in [-0.3, -0.25) is 0 Å². The summed E-state index contributed by atoms with van der Waals surface area (Å²) in [5, 5.41) is 14.4. The molecule has 1 heterocycles. The number of aliphatic hydroxyl groups is 1. The minimum atomic E-state index is -0.257. The minimum absolute atomic E-state index is 0.257. The smallest absolute Gasteiger partial charge is 0.0954 e. The van der Waals surface area contributed by atoms with E-state index in [2.05, 4.69) is 43.2 Å². The van der Waals surface area contributed by atoms with Crippen LogP contribution in [0.5, 0.6) is 0 Å². The van der Waals surface area contributed by atoms with Crippen LogP contribution in [0.1, 0.15) is 32.2 Å². The third-order valence-corrected chi connectivity index (χ3v) is 4.32. The van der Waals surface area contributed by atoms with Gasteiger partial charge < -0.3 is 10.4 Å². The van der Waals surface area contributed by atoms with Crippen LogP contribution < -0.4 is 5.32 Å². The average Bonchev–Trinajstić information content (AvgIpc) is 2.77. The van der Waals surface area contributed by atoms with E-state index in [0.717, 1.165) is 23.4 Å². The van der Waals surface area contributed by atoms with Crippen molar-refractivity contribution < 1.29 is 5.11 Å². The molecule has 1 aromatic carbocycles. The number of rotatable bonds is 7. The fourth-order valence-electron chi connectivity index (χ4n) is 2.31. The third-order valence-electron chi connectivity index (χ3n) is 3.26. The summed E-state index contributed by atoms with van der Waals surface area (Å²) in [7, 11) is 0. The summed E-state index contributed by atoms with van der Waals surface area (Å²) in [6.07, 6.45) is 1.50. The number of hydrogen-bond donors (Lipinski definition) is 2. The third kappa shape index (κ3) is 4.54. The van der Waals surface area contributed by atoms with Crippen LogP contribution in [-0.2, 0) is 6.42 Å². The highest BCUT2D eigenvalue weighted by Gasteiger charge is 2.11. The number of nitrogens with one attached hydrogen (secondary N) is 1. The van der Waals surface area contributed by atoms with Crippen molar-refractivity contribution in [3.8, 4) is 0 Å². The van der Waals surface area contributed by atoms with Gasteiger partial charge in [-0.2, -0.15) is 0 Å². The average molecular weight is 292 g/mol. The Morgan fingerprint density at radius 2 is 2.00 bits per heavy atom. The van der Waals surface area contributed by atoms with Crippen molar-refractivity contribution in [2.24, 2.45) is 5.92 Å². The Hall–Kier alpha value is -0.970. The molecule has 0 fully saturated rings. The maximum absolute atomic E-state index is 9.87. The Balaban J connectivity index is 1.83. The summed E-state index contributed by atoms with van der Waals surface area (Å²) >= 11 is 1.76. The first-order valence-electron chi connectivity index (χ1n) is 7.30. The number of aromatic nitrogens is 1. The number of benzene rings is 1. The summed E-state index contributed by atoms with van der Waals surface area (Å²) in [5.41, 5.74) is 1.08. The Labute approximate surface area is 125 Å². The van der Waals surface area contributed by atoms with Crippen molar-refractivity contribution in [2.75, 3.05) is 6.54 Å². The Morgan fingerprint density at radius 1 is 1.25 bits per heavy atom. The molecule has 0 spiro atoms. The molecule has 1 aromatic heterocycles. The van der Waals surface area contributed by atoms with Crippen molar-refractivity contribution >= 4 is 21.6 Å². The molecule has 0 aliphatic heterocycles. The standard InChI is InChI=1S/C16H24N2OS/c1-11(2)8-13(19)10-17-12(3)9-16-18-14-6-4-5-7-15(14)20-16/h4-7,11-13,17,19H,8-10H2,1-3H3. The Bertz CT molecular complexity index is 505. The van der Waals surface area contributed by atoms with E-state index < -0.39 is 0 Å². The molecule has 0 aliphatic carbocycles. The first-order valence-corrected chi connectivity index (χ1v) is 8.12. The Kier molecular flexibility index (Phi) is 5.52. The predicted molar refractivity (Wildman–Crippen MR) is 86.3 cm³/mol.